The van der Waals surface area contributed by atoms with Crippen LogP contribution in [0, 0.1) is 50.7 Å². The maximum Gasteiger partial charge on any atom is 0.315 e. The number of carbonyl (C=O) groups is 1. The lowest BCUT2D eigenvalue weighted by molar-refractivity contribution is -0.365. The monoisotopic (exact) mass is 1220 g/mol. The SMILES string of the molecule is C=C(C)[C@@H]1CC[C@]2(C(=O)O[C@@H]3O[C@H](CO[C@@H]4O[C@H](CO)[C@@H](O[C@@H]5O[C@@H](C)[C@H](O)[C@@H](O)[C@H]5O)[C@H](O)[C@H]4O)[C@@H](O)[C@H](O)[C@H]3O)CC[C@]3(C)C(=CC[C@@H]4[C@@]5(C)CC[C@H](O[C@@H]6OC[C@H](O)[C@H](O)[C@H]6O[C@@H]6O[C@@H](C)[C@H](O)[C@@H](O)[C@H]6O)[C@@](C)(CO)[C@@H]5CC[C@]43C)[C@H]12. The summed E-state index contributed by atoms with van der Waals surface area (Å²) >= 11 is 0. The third-order valence-corrected chi connectivity index (χ3v) is 23.0. The van der Waals surface area contributed by atoms with E-state index in [1.165, 1.54) is 13.8 Å². The van der Waals surface area contributed by atoms with Crippen LogP contribution < -0.4 is 0 Å². The molecule has 0 unspecified atom stereocenters. The fourth-order valence-electron chi connectivity index (χ4n) is 17.6. The quantitative estimate of drug-likeness (QED) is 0.0476. The first-order valence-electron chi connectivity index (χ1n) is 30.4. The van der Waals surface area contributed by atoms with E-state index in [0.717, 1.165) is 17.6 Å². The van der Waals surface area contributed by atoms with Gasteiger partial charge in [-0.2, -0.15) is 0 Å². The predicted molar refractivity (Wildman–Crippen MR) is 288 cm³/mol. The second kappa shape index (κ2) is 24.6. The van der Waals surface area contributed by atoms with Crippen LogP contribution in [0.2, 0.25) is 0 Å². The Kier molecular flexibility index (Phi) is 19.0. The molecule has 5 aliphatic carbocycles. The summed E-state index contributed by atoms with van der Waals surface area (Å²) in [5.74, 6) is -1.13. The van der Waals surface area contributed by atoms with Crippen molar-refractivity contribution >= 4 is 5.97 Å². The van der Waals surface area contributed by atoms with Gasteiger partial charge in [0, 0.05) is 11.3 Å². The van der Waals surface area contributed by atoms with Crippen LogP contribution in [0.3, 0.4) is 0 Å². The van der Waals surface area contributed by atoms with Gasteiger partial charge in [-0.3, -0.25) is 4.79 Å². The Morgan fingerprint density at radius 1 is 0.600 bits per heavy atom. The molecule has 0 bridgehead atoms. The van der Waals surface area contributed by atoms with Gasteiger partial charge >= 0.3 is 5.97 Å². The molecule has 15 N–H and O–H groups in total. The number of aliphatic hydroxyl groups is 15. The number of esters is 1. The zero-order valence-electron chi connectivity index (χ0n) is 49.4. The molecule has 0 aromatic carbocycles. The number of hydrogen-bond acceptors (Lipinski definition) is 26. The summed E-state index contributed by atoms with van der Waals surface area (Å²) in [5.41, 5.74) is -1.04. The Morgan fingerprint density at radius 3 is 1.80 bits per heavy atom. The van der Waals surface area contributed by atoms with Crippen LogP contribution in [0.5, 0.6) is 0 Å². The summed E-state index contributed by atoms with van der Waals surface area (Å²) < 4.78 is 59.4. The third-order valence-electron chi connectivity index (χ3n) is 23.0. The molecule has 0 aromatic rings. The molecule has 5 aliphatic heterocycles. The van der Waals surface area contributed by atoms with Crippen LogP contribution in [-0.4, -0.2) is 263 Å². The number of rotatable bonds is 14. The first-order valence-corrected chi connectivity index (χ1v) is 30.4. The number of ether oxygens (including phenoxy) is 10. The Bertz CT molecular complexity index is 2400. The van der Waals surface area contributed by atoms with Crippen molar-refractivity contribution in [3.05, 3.63) is 23.8 Å². The molecule has 85 heavy (non-hydrogen) atoms. The van der Waals surface area contributed by atoms with Crippen molar-refractivity contribution in [3.8, 4) is 0 Å². The van der Waals surface area contributed by atoms with Gasteiger partial charge in [0.05, 0.1) is 50.2 Å². The van der Waals surface area contributed by atoms with Crippen LogP contribution in [0.15, 0.2) is 23.8 Å². The molecule has 0 aromatic heterocycles. The van der Waals surface area contributed by atoms with Gasteiger partial charge < -0.3 is 124 Å². The average Bonchev–Trinajstić information content (AvgIpc) is 1.62. The molecule has 10 aliphatic rings. The molecule has 26 heteroatoms. The lowest BCUT2D eigenvalue weighted by Crippen LogP contribution is -2.67. The molecular formula is C59H94O26. The van der Waals surface area contributed by atoms with Gasteiger partial charge in [0.1, 0.15) is 104 Å². The topological polar surface area (TPSA) is 413 Å². The van der Waals surface area contributed by atoms with Crippen LogP contribution in [-0.2, 0) is 52.2 Å². The van der Waals surface area contributed by atoms with E-state index in [1.54, 1.807) is 0 Å². The Balaban J connectivity index is 0.835. The highest BCUT2D eigenvalue weighted by atomic mass is 16.8. The lowest BCUT2D eigenvalue weighted by atomic mass is 9.34. The summed E-state index contributed by atoms with van der Waals surface area (Å²) in [5, 5.41) is 162. The molecule has 0 radical (unpaired) electrons. The van der Waals surface area contributed by atoms with Crippen molar-refractivity contribution in [2.75, 3.05) is 26.4 Å². The van der Waals surface area contributed by atoms with Gasteiger partial charge in [0.2, 0.25) is 6.29 Å². The molecule has 26 nitrogen and oxygen atoms in total. The molecule has 34 atom stereocenters. The van der Waals surface area contributed by atoms with Gasteiger partial charge in [-0.05, 0) is 113 Å². The van der Waals surface area contributed by atoms with Crippen molar-refractivity contribution in [3.63, 3.8) is 0 Å². The van der Waals surface area contributed by atoms with Gasteiger partial charge in [-0.1, -0.05) is 51.5 Å². The molecule has 4 saturated carbocycles. The van der Waals surface area contributed by atoms with E-state index < -0.39 is 189 Å². The second-order valence-corrected chi connectivity index (χ2v) is 27.5. The summed E-state index contributed by atoms with van der Waals surface area (Å²) in [7, 11) is 0. The maximum absolute atomic E-state index is 15.2. The molecule has 5 heterocycles. The van der Waals surface area contributed by atoms with E-state index >= 15 is 4.79 Å². The molecule has 0 spiro atoms. The zero-order valence-corrected chi connectivity index (χ0v) is 49.4. The van der Waals surface area contributed by atoms with Crippen molar-refractivity contribution in [2.45, 2.75) is 260 Å². The minimum absolute atomic E-state index is 0.0799. The minimum atomic E-state index is -1.91. The lowest BCUT2D eigenvalue weighted by Gasteiger charge is -2.71. The maximum atomic E-state index is 15.2. The molecule has 9 fully saturated rings. The Hall–Kier alpha value is -2.01. The standard InChI is InChI=1S/C59H94O26/c1-23(2)26-11-16-59(54(75)85-52-45(73)41(69)38(66)30(81-52)21-77-49-46(74)42(70)47(29(19-60)80-49)83-50-43(71)39(67)35(63)24(3)78-50)18-17-57(7)27(34(26)59)9-10-32-55(5)14-13-33(56(6,22-61)31(55)12-15-58(32,57)8)82-53-48(37(65)28(62)20-76-53)84-51-44(72)40(68)36(64)25(4)79-51/h9,24-26,28-53,60-74H,1,10-22H2,2-8H3/t24-,25-,26-,28-,29+,30+,31+,32+,33-,34-,35-,36-,37-,38+,39+,40+,41-,42+,43+,44+,45+,46+,47+,48+,49+,50-,51-,52-,53-,55-,56-,57+,58+,59-/m0/s1. The summed E-state index contributed by atoms with van der Waals surface area (Å²) in [4.78, 5) is 15.2. The molecular weight excluding hydrogens is 1120 g/mol. The number of aliphatic hydroxyl groups excluding tert-OH is 15. The highest BCUT2D eigenvalue weighted by Gasteiger charge is 2.71. The van der Waals surface area contributed by atoms with Crippen LogP contribution in [0.4, 0.5) is 0 Å². The average molecular weight is 1220 g/mol. The van der Waals surface area contributed by atoms with Crippen LogP contribution >= 0.6 is 0 Å². The van der Waals surface area contributed by atoms with Crippen molar-refractivity contribution < 1.29 is 129 Å². The molecule has 0 amide bonds. The van der Waals surface area contributed by atoms with Gasteiger partial charge in [0.15, 0.2) is 25.2 Å². The Morgan fingerprint density at radius 2 is 1.19 bits per heavy atom. The Labute approximate surface area is 494 Å². The first-order chi connectivity index (χ1) is 39.9. The van der Waals surface area contributed by atoms with Crippen LogP contribution in [0.25, 0.3) is 0 Å². The van der Waals surface area contributed by atoms with Crippen LogP contribution in [0.1, 0.15) is 106 Å². The number of carbonyl (C=O) groups excluding carboxylic acids is 1. The van der Waals surface area contributed by atoms with Gasteiger partial charge in [-0.25, -0.2) is 0 Å². The predicted octanol–water partition coefficient (Wildman–Crippen LogP) is -2.77. The third kappa shape index (κ3) is 10.8. The number of hydrogen-bond donors (Lipinski definition) is 15. The van der Waals surface area contributed by atoms with E-state index in [0.29, 0.717) is 51.4 Å². The fraction of sp³-hybridized carbons (Fsp3) is 0.915. The number of fused-ring (bicyclic) bond motifs is 7. The minimum Gasteiger partial charge on any atom is -0.432 e. The number of allylic oxidation sites excluding steroid dienone is 3. The summed E-state index contributed by atoms with van der Waals surface area (Å²) in [6, 6.07) is 0. The molecule has 486 valence electrons. The molecule has 10 rings (SSSR count). The zero-order chi connectivity index (χ0) is 61.9. The normalized spacial score (nSPS) is 55.3. The highest BCUT2D eigenvalue weighted by molar-refractivity contribution is 5.79. The summed E-state index contributed by atoms with van der Waals surface area (Å²) in [6.07, 6.45) is -30.7. The second-order valence-electron chi connectivity index (χ2n) is 27.5. The van der Waals surface area contributed by atoms with Crippen molar-refractivity contribution in [1.82, 2.24) is 0 Å². The van der Waals surface area contributed by atoms with E-state index in [2.05, 4.69) is 33.4 Å². The van der Waals surface area contributed by atoms with E-state index in [-0.39, 0.29) is 47.7 Å². The summed E-state index contributed by atoms with van der Waals surface area (Å²) in [6.45, 7) is 16.2. The van der Waals surface area contributed by atoms with E-state index in [9.17, 15) is 76.6 Å². The van der Waals surface area contributed by atoms with Crippen molar-refractivity contribution in [1.29, 1.82) is 0 Å². The largest absolute Gasteiger partial charge is 0.432 e. The van der Waals surface area contributed by atoms with E-state index in [4.69, 9.17) is 47.4 Å². The van der Waals surface area contributed by atoms with E-state index in [1.807, 2.05) is 13.8 Å². The molecule has 5 saturated heterocycles. The van der Waals surface area contributed by atoms with Gasteiger partial charge in [0.25, 0.3) is 0 Å². The van der Waals surface area contributed by atoms with Gasteiger partial charge in [-0.15, -0.1) is 0 Å². The first kappa shape index (κ1) is 65.9. The highest BCUT2D eigenvalue weighted by Crippen LogP contribution is 2.76. The van der Waals surface area contributed by atoms with Crippen molar-refractivity contribution in [2.24, 2.45) is 50.7 Å². The fourth-order valence-corrected chi connectivity index (χ4v) is 17.6. The smallest absolute Gasteiger partial charge is 0.315 e.